The van der Waals surface area contributed by atoms with Crippen molar-refractivity contribution in [2.24, 2.45) is 5.92 Å². The van der Waals surface area contributed by atoms with Crippen LogP contribution in [0.2, 0.25) is 0 Å². The second kappa shape index (κ2) is 5.25. The summed E-state index contributed by atoms with van der Waals surface area (Å²) in [6.45, 7) is 4.69. The average molecular weight is 273 g/mol. The van der Waals surface area contributed by atoms with Crippen LogP contribution in [0.25, 0.3) is 5.65 Å². The fourth-order valence-electron chi connectivity index (χ4n) is 2.93. The van der Waals surface area contributed by atoms with E-state index in [1.807, 2.05) is 6.07 Å². The molecule has 0 saturated carbocycles. The Labute approximate surface area is 117 Å². The molecule has 0 spiro atoms. The molecule has 1 aliphatic rings. The summed E-state index contributed by atoms with van der Waals surface area (Å²) in [5.41, 5.74) is 3.22. The first-order chi connectivity index (χ1) is 9.60. The lowest BCUT2D eigenvalue weighted by atomic mass is 10.1. The summed E-state index contributed by atoms with van der Waals surface area (Å²) < 4.78 is 2.05. The van der Waals surface area contributed by atoms with Gasteiger partial charge in [-0.3, -0.25) is 9.69 Å². The minimum Gasteiger partial charge on any atom is -0.481 e. The minimum atomic E-state index is -0.694. The molecule has 1 atom stereocenters. The van der Waals surface area contributed by atoms with Crippen molar-refractivity contribution < 1.29 is 9.90 Å². The van der Waals surface area contributed by atoms with Crippen molar-refractivity contribution in [3.05, 3.63) is 35.8 Å². The molecule has 1 unspecified atom stereocenters. The molecule has 0 aliphatic carbocycles. The van der Waals surface area contributed by atoms with Gasteiger partial charge in [-0.15, -0.1) is 0 Å². The second-order valence-corrected chi connectivity index (χ2v) is 5.69. The average Bonchev–Trinajstić information content (AvgIpc) is 2.95. The van der Waals surface area contributed by atoms with Crippen LogP contribution in [0.5, 0.6) is 0 Å². The molecule has 5 heteroatoms. The second-order valence-electron chi connectivity index (χ2n) is 5.69. The molecule has 2 aromatic rings. The molecule has 3 rings (SSSR count). The van der Waals surface area contributed by atoms with E-state index in [2.05, 4.69) is 39.7 Å². The lowest BCUT2D eigenvalue weighted by Crippen LogP contribution is -2.21. The molecule has 0 aromatic carbocycles. The number of imidazole rings is 1. The number of likely N-dealkylation sites (tertiary alicyclic amines) is 1. The Balaban J connectivity index is 1.66. The Kier molecular flexibility index (Phi) is 3.44. The number of pyridine rings is 1. The lowest BCUT2D eigenvalue weighted by Gasteiger charge is -2.13. The normalized spacial score (nSPS) is 19.8. The predicted octanol–water partition coefficient (Wildman–Crippen LogP) is 1.94. The van der Waals surface area contributed by atoms with Gasteiger partial charge in [-0.05, 0) is 37.4 Å². The maximum atomic E-state index is 10.7. The molecule has 1 fully saturated rings. The Morgan fingerprint density at radius 2 is 2.30 bits per heavy atom. The number of fused-ring (bicyclic) bond motifs is 1. The van der Waals surface area contributed by atoms with E-state index < -0.39 is 5.97 Å². The summed E-state index contributed by atoms with van der Waals surface area (Å²) in [6, 6.07) is 4.08. The van der Waals surface area contributed by atoms with Gasteiger partial charge in [0.25, 0.3) is 0 Å². The topological polar surface area (TPSA) is 57.8 Å². The number of aliphatic carboxylic acids is 1. The number of carboxylic acids is 1. The zero-order valence-electron chi connectivity index (χ0n) is 11.6. The van der Waals surface area contributed by atoms with Crippen molar-refractivity contribution in [3.63, 3.8) is 0 Å². The van der Waals surface area contributed by atoms with Gasteiger partial charge in [0, 0.05) is 31.9 Å². The van der Waals surface area contributed by atoms with Gasteiger partial charge < -0.3 is 9.51 Å². The van der Waals surface area contributed by atoms with Crippen LogP contribution in [0.4, 0.5) is 0 Å². The molecule has 20 heavy (non-hydrogen) atoms. The van der Waals surface area contributed by atoms with Crippen LogP contribution in [0.3, 0.4) is 0 Å². The fraction of sp³-hybridized carbons (Fsp3) is 0.467. The van der Waals surface area contributed by atoms with E-state index in [-0.39, 0.29) is 12.3 Å². The molecule has 2 aromatic heterocycles. The highest BCUT2D eigenvalue weighted by Crippen LogP contribution is 2.21. The van der Waals surface area contributed by atoms with Crippen LogP contribution in [0, 0.1) is 12.8 Å². The van der Waals surface area contributed by atoms with Gasteiger partial charge in [-0.1, -0.05) is 6.07 Å². The van der Waals surface area contributed by atoms with Crippen molar-refractivity contribution in [1.29, 1.82) is 0 Å². The molecule has 5 nitrogen and oxygen atoms in total. The van der Waals surface area contributed by atoms with Crippen molar-refractivity contribution in [2.45, 2.75) is 26.3 Å². The third kappa shape index (κ3) is 2.82. The summed E-state index contributed by atoms with van der Waals surface area (Å²) in [4.78, 5) is 17.6. The van der Waals surface area contributed by atoms with Crippen LogP contribution in [0.1, 0.15) is 24.1 Å². The first-order valence-electron chi connectivity index (χ1n) is 6.98. The maximum absolute atomic E-state index is 10.7. The summed E-state index contributed by atoms with van der Waals surface area (Å²) in [5, 5.41) is 8.84. The maximum Gasteiger partial charge on any atom is 0.303 e. The van der Waals surface area contributed by atoms with Crippen molar-refractivity contribution in [1.82, 2.24) is 14.3 Å². The van der Waals surface area contributed by atoms with E-state index in [0.717, 1.165) is 37.4 Å². The predicted molar refractivity (Wildman–Crippen MR) is 75.6 cm³/mol. The van der Waals surface area contributed by atoms with Crippen LogP contribution in [-0.2, 0) is 11.3 Å². The van der Waals surface area contributed by atoms with Crippen LogP contribution >= 0.6 is 0 Å². The monoisotopic (exact) mass is 273 g/mol. The molecule has 3 heterocycles. The van der Waals surface area contributed by atoms with E-state index in [0.29, 0.717) is 0 Å². The van der Waals surface area contributed by atoms with Crippen LogP contribution < -0.4 is 0 Å². The Morgan fingerprint density at radius 1 is 1.45 bits per heavy atom. The largest absolute Gasteiger partial charge is 0.481 e. The van der Waals surface area contributed by atoms with Crippen LogP contribution in [-0.4, -0.2) is 38.4 Å². The van der Waals surface area contributed by atoms with Gasteiger partial charge >= 0.3 is 5.97 Å². The number of carboxylic acid groups (broad SMARTS) is 1. The zero-order chi connectivity index (χ0) is 14.1. The molecule has 0 radical (unpaired) electrons. The Hall–Kier alpha value is -1.88. The number of carbonyl (C=O) groups is 1. The molecule has 1 saturated heterocycles. The highest BCUT2D eigenvalue weighted by atomic mass is 16.4. The first kappa shape index (κ1) is 13.1. The Bertz CT molecular complexity index is 635. The van der Waals surface area contributed by atoms with Crippen molar-refractivity contribution >= 4 is 11.6 Å². The molecule has 0 amide bonds. The standard InChI is InChI=1S/C15H19N3O2/c1-11-2-3-14-16-13(10-18(14)7-11)9-17-5-4-12(8-17)6-15(19)20/h2-3,7,10,12H,4-6,8-9H2,1H3,(H,19,20). The van der Waals surface area contributed by atoms with Gasteiger partial charge in [0.05, 0.1) is 5.69 Å². The molecule has 0 bridgehead atoms. The summed E-state index contributed by atoms with van der Waals surface area (Å²) in [5.74, 6) is -0.410. The molecular weight excluding hydrogens is 254 g/mol. The van der Waals surface area contributed by atoms with Gasteiger partial charge in [0.15, 0.2) is 0 Å². The third-order valence-electron chi connectivity index (χ3n) is 3.87. The molecule has 1 N–H and O–H groups in total. The van der Waals surface area contributed by atoms with Gasteiger partial charge in [0.1, 0.15) is 5.65 Å². The first-order valence-corrected chi connectivity index (χ1v) is 6.98. The Morgan fingerprint density at radius 3 is 3.10 bits per heavy atom. The van der Waals surface area contributed by atoms with Crippen molar-refractivity contribution in [3.8, 4) is 0 Å². The van der Waals surface area contributed by atoms with Gasteiger partial charge in [-0.2, -0.15) is 0 Å². The molecule has 106 valence electrons. The number of hydrogen-bond acceptors (Lipinski definition) is 3. The summed E-state index contributed by atoms with van der Waals surface area (Å²) >= 11 is 0. The molecule has 1 aliphatic heterocycles. The highest BCUT2D eigenvalue weighted by Gasteiger charge is 2.24. The lowest BCUT2D eigenvalue weighted by molar-refractivity contribution is -0.138. The number of nitrogens with zero attached hydrogens (tertiary/aromatic N) is 3. The van der Waals surface area contributed by atoms with E-state index >= 15 is 0 Å². The smallest absolute Gasteiger partial charge is 0.303 e. The van der Waals surface area contributed by atoms with E-state index in [9.17, 15) is 4.79 Å². The van der Waals surface area contributed by atoms with E-state index in [1.54, 1.807) is 0 Å². The van der Waals surface area contributed by atoms with E-state index in [1.165, 1.54) is 5.56 Å². The van der Waals surface area contributed by atoms with Gasteiger partial charge in [0.2, 0.25) is 0 Å². The fourth-order valence-corrected chi connectivity index (χ4v) is 2.93. The number of hydrogen-bond donors (Lipinski definition) is 1. The number of aromatic nitrogens is 2. The van der Waals surface area contributed by atoms with Crippen LogP contribution in [0.15, 0.2) is 24.5 Å². The minimum absolute atomic E-state index is 0.279. The third-order valence-corrected chi connectivity index (χ3v) is 3.87. The number of aryl methyl sites for hydroxylation is 1. The summed E-state index contributed by atoms with van der Waals surface area (Å²) in [6.07, 6.45) is 5.38. The quantitative estimate of drug-likeness (QED) is 0.925. The van der Waals surface area contributed by atoms with Gasteiger partial charge in [-0.25, -0.2) is 4.98 Å². The zero-order valence-corrected chi connectivity index (χ0v) is 11.6. The number of rotatable bonds is 4. The summed E-state index contributed by atoms with van der Waals surface area (Å²) in [7, 11) is 0. The molecular formula is C15H19N3O2. The van der Waals surface area contributed by atoms with E-state index in [4.69, 9.17) is 5.11 Å². The SMILES string of the molecule is Cc1ccc2nc(CN3CCC(CC(=O)O)C3)cn2c1. The van der Waals surface area contributed by atoms with Crippen molar-refractivity contribution in [2.75, 3.05) is 13.1 Å². The highest BCUT2D eigenvalue weighted by molar-refractivity contribution is 5.67.